The highest BCUT2D eigenvalue weighted by molar-refractivity contribution is 5.92. The van der Waals surface area contributed by atoms with Crippen LogP contribution >= 0.6 is 0 Å². The van der Waals surface area contributed by atoms with Crippen molar-refractivity contribution in [2.45, 2.75) is 13.0 Å². The van der Waals surface area contributed by atoms with Gasteiger partial charge in [-0.25, -0.2) is 9.78 Å². The number of anilines is 1. The lowest BCUT2D eigenvalue weighted by atomic mass is 10.1. The Morgan fingerprint density at radius 2 is 2.09 bits per heavy atom. The summed E-state index contributed by atoms with van der Waals surface area (Å²) < 4.78 is 1.89. The largest absolute Gasteiger partial charge is 0.465 e. The minimum atomic E-state index is -0.979. The zero-order chi connectivity index (χ0) is 16.2. The van der Waals surface area contributed by atoms with Crippen LogP contribution < -0.4 is 5.32 Å². The van der Waals surface area contributed by atoms with Crippen LogP contribution in [0.15, 0.2) is 42.9 Å². The average Bonchev–Trinajstić information content (AvgIpc) is 3.18. The van der Waals surface area contributed by atoms with Gasteiger partial charge in [-0.1, -0.05) is 30.3 Å². The van der Waals surface area contributed by atoms with E-state index in [-0.39, 0.29) is 18.4 Å². The molecule has 0 saturated carbocycles. The maximum Gasteiger partial charge on any atom is 0.407 e. The fraction of sp³-hybridized carbons (Fsp3) is 0.312. The Morgan fingerprint density at radius 3 is 2.78 bits per heavy atom. The Kier molecular flexibility index (Phi) is 4.27. The van der Waals surface area contributed by atoms with Gasteiger partial charge in [-0.2, -0.15) is 0 Å². The van der Waals surface area contributed by atoms with Crippen LogP contribution in [0.5, 0.6) is 0 Å². The quantitative estimate of drug-likeness (QED) is 0.902. The van der Waals surface area contributed by atoms with Crippen LogP contribution in [-0.4, -0.2) is 44.6 Å². The molecule has 2 aromatic rings. The van der Waals surface area contributed by atoms with Crippen LogP contribution in [-0.2, 0) is 11.3 Å². The Labute approximate surface area is 133 Å². The molecular formula is C16H18N4O3. The second-order valence-corrected chi connectivity index (χ2v) is 5.62. The van der Waals surface area contributed by atoms with Crippen LogP contribution in [0.25, 0.3) is 0 Å². The molecule has 0 spiro atoms. The Balaban J connectivity index is 1.57. The van der Waals surface area contributed by atoms with Crippen molar-refractivity contribution in [3.63, 3.8) is 0 Å². The first-order chi connectivity index (χ1) is 11.1. The summed E-state index contributed by atoms with van der Waals surface area (Å²) in [4.78, 5) is 28.5. The molecular weight excluding hydrogens is 296 g/mol. The fourth-order valence-corrected chi connectivity index (χ4v) is 2.68. The Hall–Kier alpha value is -2.83. The molecule has 1 aromatic heterocycles. The summed E-state index contributed by atoms with van der Waals surface area (Å²) in [6.45, 7) is 1.32. The molecule has 7 heteroatoms. The zero-order valence-electron chi connectivity index (χ0n) is 12.6. The summed E-state index contributed by atoms with van der Waals surface area (Å²) in [5.41, 5.74) is 1.15. The summed E-state index contributed by atoms with van der Waals surface area (Å²) in [7, 11) is 0. The Morgan fingerprint density at radius 1 is 1.30 bits per heavy atom. The molecule has 1 aromatic carbocycles. The van der Waals surface area contributed by atoms with Crippen LogP contribution in [0.3, 0.4) is 0 Å². The van der Waals surface area contributed by atoms with Crippen molar-refractivity contribution in [3.05, 3.63) is 48.4 Å². The number of imidazole rings is 1. The average molecular weight is 314 g/mol. The van der Waals surface area contributed by atoms with E-state index in [2.05, 4.69) is 10.3 Å². The molecule has 0 bridgehead atoms. The zero-order valence-corrected chi connectivity index (χ0v) is 12.6. The van der Waals surface area contributed by atoms with E-state index in [0.29, 0.717) is 25.3 Å². The number of likely N-dealkylation sites (tertiary alicyclic amines) is 1. The first-order valence-corrected chi connectivity index (χ1v) is 7.46. The van der Waals surface area contributed by atoms with Crippen LogP contribution in [0.1, 0.15) is 12.0 Å². The molecule has 1 unspecified atom stereocenters. The highest BCUT2D eigenvalue weighted by atomic mass is 16.4. The van der Waals surface area contributed by atoms with Gasteiger partial charge in [0.05, 0.1) is 12.2 Å². The number of aromatic nitrogens is 2. The third kappa shape index (κ3) is 3.68. The topological polar surface area (TPSA) is 87.5 Å². The van der Waals surface area contributed by atoms with Crippen molar-refractivity contribution in [3.8, 4) is 0 Å². The predicted molar refractivity (Wildman–Crippen MR) is 84.1 cm³/mol. The number of hydrogen-bond donors (Lipinski definition) is 2. The van der Waals surface area contributed by atoms with Crippen molar-refractivity contribution in [1.29, 1.82) is 0 Å². The molecule has 2 N–H and O–H groups in total. The number of rotatable bonds is 4. The SMILES string of the molecule is O=C(Nc1cn(Cc2ccccc2)cn1)C1CCN(C(=O)O)C1. The van der Waals surface area contributed by atoms with Gasteiger partial charge in [-0.05, 0) is 12.0 Å². The van der Waals surface area contributed by atoms with E-state index < -0.39 is 6.09 Å². The maximum atomic E-state index is 12.2. The van der Waals surface area contributed by atoms with Crippen molar-refractivity contribution < 1.29 is 14.7 Å². The lowest BCUT2D eigenvalue weighted by molar-refractivity contribution is -0.119. The van der Waals surface area contributed by atoms with E-state index in [4.69, 9.17) is 5.11 Å². The molecule has 1 saturated heterocycles. The van der Waals surface area contributed by atoms with Crippen molar-refractivity contribution >= 4 is 17.8 Å². The maximum absolute atomic E-state index is 12.2. The van der Waals surface area contributed by atoms with Crippen molar-refractivity contribution in [2.24, 2.45) is 5.92 Å². The highest BCUT2D eigenvalue weighted by Crippen LogP contribution is 2.18. The van der Waals surface area contributed by atoms with Crippen LogP contribution in [0.2, 0.25) is 0 Å². The summed E-state index contributed by atoms with van der Waals surface area (Å²) in [6.07, 6.45) is 3.01. The molecule has 3 rings (SSSR count). The number of nitrogens with zero attached hydrogens (tertiary/aromatic N) is 3. The molecule has 1 aliphatic rings. The molecule has 0 aliphatic carbocycles. The van der Waals surface area contributed by atoms with E-state index in [1.54, 1.807) is 12.5 Å². The van der Waals surface area contributed by atoms with Gasteiger partial charge in [0, 0.05) is 25.8 Å². The smallest absolute Gasteiger partial charge is 0.407 e. The van der Waals surface area contributed by atoms with E-state index in [0.717, 1.165) is 5.56 Å². The van der Waals surface area contributed by atoms with Gasteiger partial charge in [0.2, 0.25) is 5.91 Å². The molecule has 7 nitrogen and oxygen atoms in total. The van der Waals surface area contributed by atoms with Gasteiger partial charge in [0.25, 0.3) is 0 Å². The summed E-state index contributed by atoms with van der Waals surface area (Å²) >= 11 is 0. The number of carboxylic acid groups (broad SMARTS) is 1. The standard InChI is InChI=1S/C16H18N4O3/c21-15(13-6-7-20(9-13)16(22)23)18-14-10-19(11-17-14)8-12-4-2-1-3-5-12/h1-5,10-11,13H,6-9H2,(H,18,21)(H,22,23). The molecule has 1 aliphatic heterocycles. The number of hydrogen-bond acceptors (Lipinski definition) is 3. The van der Waals surface area contributed by atoms with E-state index in [9.17, 15) is 9.59 Å². The monoisotopic (exact) mass is 314 g/mol. The van der Waals surface area contributed by atoms with Gasteiger partial charge in [0.15, 0.2) is 5.82 Å². The second kappa shape index (κ2) is 6.51. The van der Waals surface area contributed by atoms with E-state index in [1.807, 2.05) is 34.9 Å². The van der Waals surface area contributed by atoms with Crippen molar-refractivity contribution in [1.82, 2.24) is 14.5 Å². The van der Waals surface area contributed by atoms with Gasteiger partial charge in [-0.3, -0.25) is 4.79 Å². The molecule has 23 heavy (non-hydrogen) atoms. The molecule has 0 radical (unpaired) electrons. The summed E-state index contributed by atoms with van der Waals surface area (Å²) in [5.74, 6) is -0.0104. The fourth-order valence-electron chi connectivity index (χ4n) is 2.68. The Bertz CT molecular complexity index is 698. The van der Waals surface area contributed by atoms with Gasteiger partial charge < -0.3 is 19.9 Å². The molecule has 1 fully saturated rings. The lowest BCUT2D eigenvalue weighted by Crippen LogP contribution is -2.30. The predicted octanol–water partition coefficient (Wildman–Crippen LogP) is 1.87. The third-order valence-corrected chi connectivity index (χ3v) is 3.92. The highest BCUT2D eigenvalue weighted by Gasteiger charge is 2.31. The lowest BCUT2D eigenvalue weighted by Gasteiger charge is -2.11. The van der Waals surface area contributed by atoms with E-state index in [1.165, 1.54) is 4.90 Å². The molecule has 120 valence electrons. The minimum absolute atomic E-state index is 0.182. The van der Waals surface area contributed by atoms with Gasteiger partial charge in [0.1, 0.15) is 0 Å². The van der Waals surface area contributed by atoms with Gasteiger partial charge in [-0.15, -0.1) is 0 Å². The van der Waals surface area contributed by atoms with Crippen molar-refractivity contribution in [2.75, 3.05) is 18.4 Å². The number of carbonyl (C=O) groups is 2. The molecule has 1 atom stereocenters. The normalized spacial score (nSPS) is 17.2. The summed E-state index contributed by atoms with van der Waals surface area (Å²) in [5, 5.41) is 11.7. The minimum Gasteiger partial charge on any atom is -0.465 e. The van der Waals surface area contributed by atoms with Gasteiger partial charge >= 0.3 is 6.09 Å². The first-order valence-electron chi connectivity index (χ1n) is 7.46. The van der Waals surface area contributed by atoms with E-state index >= 15 is 0 Å². The molecule has 2 heterocycles. The second-order valence-electron chi connectivity index (χ2n) is 5.62. The number of benzene rings is 1. The molecule has 2 amide bonds. The van der Waals surface area contributed by atoms with Crippen LogP contribution in [0.4, 0.5) is 10.6 Å². The third-order valence-electron chi connectivity index (χ3n) is 3.92. The van der Waals surface area contributed by atoms with Crippen LogP contribution in [0, 0.1) is 5.92 Å². The number of amides is 2. The summed E-state index contributed by atoms with van der Waals surface area (Å²) in [6, 6.07) is 9.96. The first kappa shape index (κ1) is 15.1. The number of nitrogens with one attached hydrogen (secondary N) is 1. The number of carbonyl (C=O) groups excluding carboxylic acids is 1.